The summed E-state index contributed by atoms with van der Waals surface area (Å²) < 4.78 is 73.6. The van der Waals surface area contributed by atoms with E-state index in [2.05, 4.69) is 22.1 Å². The SMILES string of the molecule is COCC(COC)N(c1cc(F)c(Oc2ncc(CCn3nccn3)cc2C(F)(F)F)cc1C(=O)O)C(=O)[C@H]1CC[C@H](C)CC1. The van der Waals surface area contributed by atoms with Crippen LogP contribution in [0.15, 0.2) is 36.8 Å². The van der Waals surface area contributed by atoms with Crippen LogP contribution in [0.5, 0.6) is 11.6 Å². The zero-order valence-electron chi connectivity index (χ0n) is 25.1. The van der Waals surface area contributed by atoms with E-state index in [9.17, 15) is 27.9 Å². The average molecular weight is 638 g/mol. The van der Waals surface area contributed by atoms with Crippen LogP contribution in [0.4, 0.5) is 23.2 Å². The fraction of sp³-hybridized carbons (Fsp3) is 0.500. The summed E-state index contributed by atoms with van der Waals surface area (Å²) in [6, 6.07) is 1.53. The topological polar surface area (TPSA) is 129 Å². The van der Waals surface area contributed by atoms with E-state index in [0.717, 1.165) is 37.2 Å². The van der Waals surface area contributed by atoms with E-state index in [-0.39, 0.29) is 37.4 Å². The number of methoxy groups -OCH3 is 2. The van der Waals surface area contributed by atoms with Gasteiger partial charge in [0.2, 0.25) is 11.8 Å². The van der Waals surface area contributed by atoms with Crippen LogP contribution in [-0.2, 0) is 33.4 Å². The van der Waals surface area contributed by atoms with Crippen molar-refractivity contribution in [3.8, 4) is 11.6 Å². The Balaban J connectivity index is 1.72. The van der Waals surface area contributed by atoms with Gasteiger partial charge in [0.05, 0.1) is 49.4 Å². The number of nitrogens with zero attached hydrogens (tertiary/aromatic N) is 5. The highest BCUT2D eigenvalue weighted by Gasteiger charge is 2.38. The lowest BCUT2D eigenvalue weighted by atomic mass is 9.82. The third-order valence-electron chi connectivity index (χ3n) is 7.71. The van der Waals surface area contributed by atoms with E-state index in [0.29, 0.717) is 18.8 Å². The van der Waals surface area contributed by atoms with Crippen molar-refractivity contribution in [3.05, 3.63) is 59.3 Å². The van der Waals surface area contributed by atoms with Gasteiger partial charge in [-0.25, -0.2) is 14.2 Å². The molecule has 0 bridgehead atoms. The van der Waals surface area contributed by atoms with Crippen molar-refractivity contribution in [2.45, 2.75) is 57.8 Å². The number of halogens is 4. The monoisotopic (exact) mass is 637 g/mol. The molecule has 244 valence electrons. The Bertz CT molecular complexity index is 1460. The molecule has 0 spiro atoms. The largest absolute Gasteiger partial charge is 0.478 e. The highest BCUT2D eigenvalue weighted by Crippen LogP contribution is 2.40. The minimum absolute atomic E-state index is 0.0523. The van der Waals surface area contributed by atoms with Gasteiger partial charge in [0.1, 0.15) is 5.56 Å². The van der Waals surface area contributed by atoms with Gasteiger partial charge in [-0.2, -0.15) is 28.2 Å². The Morgan fingerprint density at radius 3 is 2.29 bits per heavy atom. The van der Waals surface area contributed by atoms with Crippen LogP contribution in [0, 0.1) is 17.7 Å². The van der Waals surface area contributed by atoms with Gasteiger partial charge in [-0.1, -0.05) is 6.92 Å². The summed E-state index contributed by atoms with van der Waals surface area (Å²) in [6.07, 6.45) is 1.92. The molecule has 4 rings (SSSR count). The third kappa shape index (κ3) is 8.34. The Kier molecular flexibility index (Phi) is 11.1. The lowest BCUT2D eigenvalue weighted by molar-refractivity contribution is -0.139. The minimum atomic E-state index is -4.93. The quantitative estimate of drug-likeness (QED) is 0.246. The minimum Gasteiger partial charge on any atom is -0.478 e. The van der Waals surface area contributed by atoms with E-state index >= 15 is 4.39 Å². The first kappa shape index (κ1) is 33.8. The van der Waals surface area contributed by atoms with Gasteiger partial charge in [0.25, 0.3) is 0 Å². The number of hydrogen-bond acceptors (Lipinski definition) is 8. The van der Waals surface area contributed by atoms with Crippen LogP contribution >= 0.6 is 0 Å². The second kappa shape index (κ2) is 14.8. The first-order valence-electron chi connectivity index (χ1n) is 14.4. The molecule has 1 amide bonds. The van der Waals surface area contributed by atoms with Crippen LogP contribution in [0.2, 0.25) is 0 Å². The van der Waals surface area contributed by atoms with Crippen molar-refractivity contribution >= 4 is 17.6 Å². The predicted octanol–water partition coefficient (Wildman–Crippen LogP) is 5.38. The predicted molar refractivity (Wildman–Crippen MR) is 153 cm³/mol. The molecule has 1 aromatic carbocycles. The van der Waals surface area contributed by atoms with Crippen LogP contribution in [0.3, 0.4) is 0 Å². The maximum Gasteiger partial charge on any atom is 0.421 e. The van der Waals surface area contributed by atoms with Gasteiger partial charge in [0.15, 0.2) is 11.6 Å². The molecule has 1 N–H and O–H groups in total. The molecule has 0 radical (unpaired) electrons. The summed E-state index contributed by atoms with van der Waals surface area (Å²) in [5.74, 6) is -4.95. The van der Waals surface area contributed by atoms with Crippen molar-refractivity contribution in [1.29, 1.82) is 0 Å². The normalized spacial score (nSPS) is 17.0. The lowest BCUT2D eigenvalue weighted by Crippen LogP contribution is -2.49. The number of aryl methyl sites for hydroxylation is 2. The molecule has 0 saturated heterocycles. The first-order valence-corrected chi connectivity index (χ1v) is 14.4. The number of hydrogen-bond donors (Lipinski definition) is 1. The molecule has 1 fully saturated rings. The Morgan fingerprint density at radius 2 is 1.71 bits per heavy atom. The average Bonchev–Trinajstić information content (AvgIpc) is 3.51. The van der Waals surface area contributed by atoms with E-state index < -0.39 is 58.6 Å². The molecular weight excluding hydrogens is 602 g/mol. The smallest absolute Gasteiger partial charge is 0.421 e. The summed E-state index contributed by atoms with van der Waals surface area (Å²) in [5, 5.41) is 18.0. The molecule has 1 saturated carbocycles. The molecule has 15 heteroatoms. The zero-order valence-corrected chi connectivity index (χ0v) is 25.1. The Labute approximate surface area is 257 Å². The van der Waals surface area contributed by atoms with Gasteiger partial charge < -0.3 is 24.2 Å². The molecule has 0 atom stereocenters. The highest BCUT2D eigenvalue weighted by molar-refractivity contribution is 6.03. The van der Waals surface area contributed by atoms with Crippen LogP contribution < -0.4 is 9.64 Å². The summed E-state index contributed by atoms with van der Waals surface area (Å²) >= 11 is 0. The van der Waals surface area contributed by atoms with Crippen LogP contribution in [-0.4, -0.2) is 70.4 Å². The number of anilines is 1. The van der Waals surface area contributed by atoms with Gasteiger partial charge in [0, 0.05) is 38.5 Å². The summed E-state index contributed by atoms with van der Waals surface area (Å²) in [7, 11) is 2.79. The number of aromatic carboxylic acids is 1. The third-order valence-corrected chi connectivity index (χ3v) is 7.71. The van der Waals surface area contributed by atoms with Gasteiger partial charge in [-0.15, -0.1) is 0 Å². The number of amides is 1. The van der Waals surface area contributed by atoms with Crippen molar-refractivity contribution in [1.82, 2.24) is 20.0 Å². The number of aromatic nitrogens is 4. The first-order chi connectivity index (χ1) is 21.4. The molecule has 45 heavy (non-hydrogen) atoms. The van der Waals surface area contributed by atoms with Gasteiger partial charge >= 0.3 is 12.1 Å². The molecule has 1 aliphatic rings. The van der Waals surface area contributed by atoms with Crippen molar-refractivity contribution in [2.24, 2.45) is 11.8 Å². The van der Waals surface area contributed by atoms with Crippen LogP contribution in [0.25, 0.3) is 0 Å². The lowest BCUT2D eigenvalue weighted by Gasteiger charge is -2.36. The van der Waals surface area contributed by atoms with E-state index in [1.165, 1.54) is 36.3 Å². The molecule has 0 aliphatic heterocycles. The highest BCUT2D eigenvalue weighted by atomic mass is 19.4. The summed E-state index contributed by atoms with van der Waals surface area (Å²) in [6.45, 7) is 2.16. The molecule has 2 heterocycles. The summed E-state index contributed by atoms with van der Waals surface area (Å²) in [4.78, 5) is 32.6. The second-order valence-corrected chi connectivity index (χ2v) is 11.0. The van der Waals surface area contributed by atoms with Crippen molar-refractivity contribution < 1.29 is 46.5 Å². The Hall–Kier alpha value is -4.11. The van der Waals surface area contributed by atoms with Crippen LogP contribution in [0.1, 0.15) is 54.1 Å². The maximum absolute atomic E-state index is 15.7. The standard InChI is InChI=1S/C30H35F4N5O6/c1-18-4-6-20(7-5-18)28(40)39(21(16-43-2)17-44-3)25-14-24(31)26(13-22(25)29(41)42)45-27-23(30(32,33)34)12-19(15-35-27)8-11-38-36-9-10-37-38/h9-10,12-15,18,20-21H,4-8,11,16-17H2,1-3H3,(H,41,42)/t18-,20-. The van der Waals surface area contributed by atoms with E-state index in [1.54, 1.807) is 0 Å². The number of carboxylic acids is 1. The molecule has 0 unspecified atom stereocenters. The van der Waals surface area contributed by atoms with Gasteiger partial charge in [-0.05, 0) is 49.7 Å². The Morgan fingerprint density at radius 1 is 1.07 bits per heavy atom. The summed E-state index contributed by atoms with van der Waals surface area (Å²) in [5.41, 5.74) is -1.93. The number of alkyl halides is 3. The molecule has 11 nitrogen and oxygen atoms in total. The number of carbonyl (C=O) groups excluding carboxylic acids is 1. The van der Waals surface area contributed by atoms with Gasteiger partial charge in [-0.3, -0.25) is 4.79 Å². The molecule has 3 aromatic rings. The fourth-order valence-corrected chi connectivity index (χ4v) is 5.38. The number of pyridine rings is 1. The number of benzene rings is 1. The number of carboxylic acid groups (broad SMARTS) is 1. The fourth-order valence-electron chi connectivity index (χ4n) is 5.38. The number of ether oxygens (including phenoxy) is 3. The number of rotatable bonds is 13. The number of carbonyl (C=O) groups is 2. The van der Waals surface area contributed by atoms with E-state index in [1.807, 2.05) is 0 Å². The van der Waals surface area contributed by atoms with Crippen molar-refractivity contribution in [2.75, 3.05) is 32.3 Å². The molecular formula is C30H35F4N5O6. The zero-order chi connectivity index (χ0) is 32.7. The molecule has 2 aromatic heterocycles. The maximum atomic E-state index is 15.7. The van der Waals surface area contributed by atoms with Crippen molar-refractivity contribution in [3.63, 3.8) is 0 Å². The second-order valence-electron chi connectivity index (χ2n) is 11.0. The molecule has 1 aliphatic carbocycles. The van der Waals surface area contributed by atoms with E-state index in [4.69, 9.17) is 14.2 Å².